The minimum absolute atomic E-state index is 0.0363. The largest absolute Gasteiger partial charge is 0.442 e. The molecule has 1 aliphatic carbocycles. The molecule has 1 aromatic carbocycles. The maximum absolute atomic E-state index is 14.8. The second kappa shape index (κ2) is 8.02. The highest BCUT2D eigenvalue weighted by Crippen LogP contribution is 2.34. The number of benzene rings is 1. The number of halogens is 2. The van der Waals surface area contributed by atoms with Crippen molar-refractivity contribution < 1.29 is 27.8 Å². The van der Waals surface area contributed by atoms with Gasteiger partial charge >= 0.3 is 6.09 Å². The van der Waals surface area contributed by atoms with E-state index in [1.54, 1.807) is 7.05 Å². The van der Waals surface area contributed by atoms with E-state index < -0.39 is 23.8 Å². The van der Waals surface area contributed by atoms with Crippen molar-refractivity contribution in [3.63, 3.8) is 0 Å². The fourth-order valence-electron chi connectivity index (χ4n) is 4.13. The molecule has 0 unspecified atom stereocenters. The quantitative estimate of drug-likeness (QED) is 0.730. The van der Waals surface area contributed by atoms with Gasteiger partial charge in [-0.1, -0.05) is 13.3 Å². The zero-order valence-corrected chi connectivity index (χ0v) is 17.2. The van der Waals surface area contributed by atoms with E-state index in [2.05, 4.69) is 5.32 Å². The summed E-state index contributed by atoms with van der Waals surface area (Å²) in [7, 11) is 1.63. The highest BCUT2D eigenvalue weighted by Gasteiger charge is 2.37. The molecule has 2 aliphatic heterocycles. The van der Waals surface area contributed by atoms with Gasteiger partial charge in [-0.3, -0.25) is 9.69 Å². The molecule has 0 bridgehead atoms. The minimum atomic E-state index is -0.745. The third-order valence-electron chi connectivity index (χ3n) is 6.07. The Labute approximate surface area is 174 Å². The third kappa shape index (κ3) is 4.08. The van der Waals surface area contributed by atoms with Gasteiger partial charge in [0.1, 0.15) is 11.8 Å². The van der Waals surface area contributed by atoms with E-state index in [1.807, 2.05) is 6.92 Å². The number of ether oxygens (including phenoxy) is 2. The molecular formula is C21H27F2N3O4. The highest BCUT2D eigenvalue weighted by molar-refractivity contribution is 5.90. The Morgan fingerprint density at radius 3 is 2.50 bits per heavy atom. The van der Waals surface area contributed by atoms with Gasteiger partial charge in [0.2, 0.25) is 5.91 Å². The molecule has 3 fully saturated rings. The van der Waals surface area contributed by atoms with E-state index in [9.17, 15) is 18.4 Å². The summed E-state index contributed by atoms with van der Waals surface area (Å²) in [6.07, 6.45) is 1.58. The second-order valence-electron chi connectivity index (χ2n) is 8.91. The summed E-state index contributed by atoms with van der Waals surface area (Å²) < 4.78 is 40.0. The van der Waals surface area contributed by atoms with Gasteiger partial charge in [0.25, 0.3) is 0 Å². The standard InChI is InChI=1S/C21H27F2N3O4/c1-21(11-29-12-21)10-25(2)18-16(22)6-14(7-17(18)23)26-9-15(30-20(26)28)8-24-19(27)13-4-3-5-13/h6-7,13,15H,3-5,8-12H2,1-2H3,(H,24,27)/t15-/m0/s1. The number of carbonyl (C=O) groups is 2. The van der Waals surface area contributed by atoms with Crippen molar-refractivity contribution in [3.8, 4) is 0 Å². The van der Waals surface area contributed by atoms with Gasteiger partial charge in [0, 0.05) is 37.1 Å². The van der Waals surface area contributed by atoms with Crippen molar-refractivity contribution in [1.29, 1.82) is 0 Å². The van der Waals surface area contributed by atoms with Crippen LogP contribution >= 0.6 is 0 Å². The average molecular weight is 423 g/mol. The van der Waals surface area contributed by atoms with E-state index in [0.29, 0.717) is 19.8 Å². The molecule has 2 saturated heterocycles. The van der Waals surface area contributed by atoms with Gasteiger partial charge in [-0.25, -0.2) is 13.6 Å². The van der Waals surface area contributed by atoms with Gasteiger partial charge in [0.15, 0.2) is 11.6 Å². The Kier molecular flexibility index (Phi) is 5.57. The summed E-state index contributed by atoms with van der Waals surface area (Å²) in [5.74, 6) is -1.48. The SMILES string of the molecule is CN(CC1(C)COC1)c1c(F)cc(N2C[C@H](CNC(=O)C3CCC3)OC2=O)cc1F. The van der Waals surface area contributed by atoms with Gasteiger partial charge in [0.05, 0.1) is 32.0 Å². The Balaban J connectivity index is 1.40. The molecule has 1 saturated carbocycles. The van der Waals surface area contributed by atoms with Crippen LogP contribution in [0.2, 0.25) is 0 Å². The first-order valence-corrected chi connectivity index (χ1v) is 10.3. The topological polar surface area (TPSA) is 71.1 Å². The molecule has 30 heavy (non-hydrogen) atoms. The lowest BCUT2D eigenvalue weighted by molar-refractivity contribution is -0.127. The molecule has 1 aromatic rings. The van der Waals surface area contributed by atoms with Crippen LogP contribution in [0, 0.1) is 23.0 Å². The first-order chi connectivity index (χ1) is 14.3. The van der Waals surface area contributed by atoms with Crippen molar-refractivity contribution >= 4 is 23.4 Å². The number of anilines is 2. The zero-order valence-electron chi connectivity index (χ0n) is 17.2. The third-order valence-corrected chi connectivity index (χ3v) is 6.07. The number of amides is 2. The van der Waals surface area contributed by atoms with Crippen molar-refractivity contribution in [2.45, 2.75) is 32.3 Å². The van der Waals surface area contributed by atoms with Crippen molar-refractivity contribution in [2.24, 2.45) is 11.3 Å². The van der Waals surface area contributed by atoms with Crippen LogP contribution in [-0.4, -0.2) is 58.0 Å². The Bertz CT molecular complexity index is 819. The molecule has 0 spiro atoms. The molecule has 2 heterocycles. The van der Waals surface area contributed by atoms with Gasteiger partial charge in [-0.2, -0.15) is 0 Å². The van der Waals surface area contributed by atoms with Crippen LogP contribution in [0.1, 0.15) is 26.2 Å². The molecule has 7 nitrogen and oxygen atoms in total. The molecule has 0 aromatic heterocycles. The summed E-state index contributed by atoms with van der Waals surface area (Å²) in [6, 6.07) is 2.29. The summed E-state index contributed by atoms with van der Waals surface area (Å²) in [5.41, 5.74) is -0.177. The first kappa shape index (κ1) is 20.8. The molecule has 164 valence electrons. The van der Waals surface area contributed by atoms with Crippen LogP contribution in [-0.2, 0) is 14.3 Å². The maximum atomic E-state index is 14.8. The van der Waals surface area contributed by atoms with Crippen LogP contribution in [0.5, 0.6) is 0 Å². The Morgan fingerprint density at radius 1 is 1.30 bits per heavy atom. The van der Waals surface area contributed by atoms with Crippen LogP contribution in [0.3, 0.4) is 0 Å². The number of hydrogen-bond acceptors (Lipinski definition) is 5. The number of hydrogen-bond donors (Lipinski definition) is 1. The molecule has 9 heteroatoms. The monoisotopic (exact) mass is 423 g/mol. The van der Waals surface area contributed by atoms with E-state index in [0.717, 1.165) is 31.4 Å². The average Bonchev–Trinajstić information content (AvgIpc) is 2.97. The molecule has 1 atom stereocenters. The Morgan fingerprint density at radius 2 is 1.97 bits per heavy atom. The Hall–Kier alpha value is -2.42. The fraction of sp³-hybridized carbons (Fsp3) is 0.619. The minimum Gasteiger partial charge on any atom is -0.442 e. The summed E-state index contributed by atoms with van der Waals surface area (Å²) in [5, 5.41) is 2.79. The lowest BCUT2D eigenvalue weighted by atomic mass is 9.85. The second-order valence-corrected chi connectivity index (χ2v) is 8.91. The molecule has 0 radical (unpaired) electrons. The van der Waals surface area contributed by atoms with Crippen molar-refractivity contribution in [3.05, 3.63) is 23.8 Å². The zero-order chi connectivity index (χ0) is 21.5. The van der Waals surface area contributed by atoms with Gasteiger partial charge in [-0.15, -0.1) is 0 Å². The molecular weight excluding hydrogens is 396 g/mol. The number of nitrogens with one attached hydrogen (secondary N) is 1. The normalized spacial score (nSPS) is 22.9. The maximum Gasteiger partial charge on any atom is 0.414 e. The van der Waals surface area contributed by atoms with E-state index in [4.69, 9.17) is 9.47 Å². The van der Waals surface area contributed by atoms with E-state index >= 15 is 0 Å². The molecule has 1 N–H and O–H groups in total. The smallest absolute Gasteiger partial charge is 0.414 e. The van der Waals surface area contributed by atoms with E-state index in [-0.39, 0.29) is 41.7 Å². The van der Waals surface area contributed by atoms with Crippen LogP contribution in [0.4, 0.5) is 25.0 Å². The first-order valence-electron chi connectivity index (χ1n) is 10.3. The summed E-state index contributed by atoms with van der Waals surface area (Å²) in [4.78, 5) is 26.9. The highest BCUT2D eigenvalue weighted by atomic mass is 19.1. The predicted molar refractivity (Wildman–Crippen MR) is 107 cm³/mol. The molecule has 3 aliphatic rings. The van der Waals surface area contributed by atoms with Gasteiger partial charge in [-0.05, 0) is 12.8 Å². The van der Waals surface area contributed by atoms with Crippen LogP contribution in [0.15, 0.2) is 12.1 Å². The van der Waals surface area contributed by atoms with Crippen molar-refractivity contribution in [1.82, 2.24) is 5.32 Å². The summed E-state index contributed by atoms with van der Waals surface area (Å²) in [6.45, 7) is 3.86. The number of rotatable bonds is 7. The lowest BCUT2D eigenvalue weighted by Gasteiger charge is -2.41. The van der Waals surface area contributed by atoms with Gasteiger partial charge < -0.3 is 19.7 Å². The number of nitrogens with zero attached hydrogens (tertiary/aromatic N) is 2. The fourth-order valence-corrected chi connectivity index (χ4v) is 4.13. The number of cyclic esters (lactones) is 1. The van der Waals surface area contributed by atoms with E-state index in [1.165, 1.54) is 9.80 Å². The van der Waals surface area contributed by atoms with Crippen LogP contribution in [0.25, 0.3) is 0 Å². The van der Waals surface area contributed by atoms with Crippen LogP contribution < -0.4 is 15.1 Å². The molecule has 4 rings (SSSR count). The summed E-state index contributed by atoms with van der Waals surface area (Å²) >= 11 is 0. The molecule has 2 amide bonds. The predicted octanol–water partition coefficient (Wildman–Crippen LogP) is 2.68. The number of carbonyl (C=O) groups excluding carboxylic acids is 2. The van der Waals surface area contributed by atoms with Crippen molar-refractivity contribution in [2.75, 3.05) is 49.7 Å². The lowest BCUT2D eigenvalue weighted by Crippen LogP contribution is -2.48.